The van der Waals surface area contributed by atoms with Crippen LogP contribution in [0.1, 0.15) is 18.8 Å². The van der Waals surface area contributed by atoms with E-state index in [1.807, 2.05) is 0 Å². The summed E-state index contributed by atoms with van der Waals surface area (Å²) in [5.41, 5.74) is 9.67. The Morgan fingerprint density at radius 1 is 0.692 bits per heavy atom. The Hall–Kier alpha value is -3.95. The third kappa shape index (κ3) is 11.1. The summed E-state index contributed by atoms with van der Waals surface area (Å²) in [5, 5.41) is 17.5. The van der Waals surface area contributed by atoms with E-state index < -0.39 is 30.9 Å². The Labute approximate surface area is 224 Å². The molecule has 0 spiro atoms. The van der Waals surface area contributed by atoms with Gasteiger partial charge in [0, 0.05) is 23.4 Å². The molecule has 0 fully saturated rings. The van der Waals surface area contributed by atoms with E-state index in [1.54, 1.807) is 36.4 Å². The fraction of sp³-hybridized carbons (Fsp3) is 0.130. The van der Waals surface area contributed by atoms with Crippen LogP contribution in [0.5, 0.6) is 0 Å². The van der Waals surface area contributed by atoms with Crippen molar-refractivity contribution in [2.24, 2.45) is 0 Å². The first kappa shape index (κ1) is 33.1. The second-order valence-corrected chi connectivity index (χ2v) is 7.50. The number of anilines is 2. The van der Waals surface area contributed by atoms with Gasteiger partial charge in [0.05, 0.1) is 5.69 Å². The number of pyridine rings is 4. The topological polar surface area (TPSA) is 144 Å². The predicted octanol–water partition coefficient (Wildman–Crippen LogP) is 4.48. The number of alkyl halides is 6. The second-order valence-electron chi connectivity index (χ2n) is 7.11. The lowest BCUT2D eigenvalue weighted by Crippen LogP contribution is -2.30. The molecule has 0 aliphatic rings. The molecule has 0 unspecified atom stereocenters. The number of rotatable bonds is 2. The fourth-order valence-electron chi connectivity index (χ4n) is 2.47. The van der Waals surface area contributed by atoms with Crippen molar-refractivity contribution in [1.82, 2.24) is 19.9 Å². The molecule has 39 heavy (non-hydrogen) atoms. The largest absolute Gasteiger partial charge is 0.490 e. The zero-order chi connectivity index (χ0) is 28.5. The quantitative estimate of drug-likeness (QED) is 0.156. The first-order valence-electron chi connectivity index (χ1n) is 10.2. The molecule has 0 atom stereocenters. The van der Waals surface area contributed by atoms with Gasteiger partial charge >= 0.3 is 19.5 Å². The van der Waals surface area contributed by atoms with Gasteiger partial charge in [0.25, 0.3) is 0 Å². The van der Waals surface area contributed by atoms with E-state index in [1.165, 1.54) is 6.07 Å². The second kappa shape index (κ2) is 14.3. The van der Waals surface area contributed by atoms with Crippen molar-refractivity contribution in [1.29, 1.82) is 0 Å². The number of halogens is 7. The van der Waals surface area contributed by atoms with Gasteiger partial charge in [-0.2, -0.15) is 26.3 Å². The minimum Gasteiger partial charge on any atom is -0.423 e. The number of hydrogen-bond donors (Lipinski definition) is 4. The summed E-state index contributed by atoms with van der Waals surface area (Å²) in [7, 11) is -1.80. The highest BCUT2D eigenvalue weighted by Gasteiger charge is 2.33. The number of nitrogens with two attached hydrogens (primary N) is 2. The van der Waals surface area contributed by atoms with Crippen LogP contribution in [0.25, 0.3) is 11.3 Å². The maximum atomic E-state index is 12.3. The molecule has 0 amide bonds. The maximum Gasteiger partial charge on any atom is 0.490 e. The standard InChI is InChI=1S/C11H8F3N3.C6H5BF3NO2.C5H5ClN2.CH4/c12-11(13,14)9-5-4-7(6-16-9)8-2-1-3-10(15)17-8;8-6(9,10)5-2-1-4(3-11-5)7(12)13;6-4-2-1-3-5(7)8-4;/h1-6H,(H2,15,17);1-3,12-13H;1-3H,(H2,7,8);1H4. The lowest BCUT2D eigenvalue weighted by atomic mass is 9.82. The SMILES string of the molecule is C.Nc1cccc(-c2ccc(C(F)(F)F)nc2)n1.Nc1cccc(Cl)n1.OB(O)c1ccc(C(F)(F)F)nc1. The van der Waals surface area contributed by atoms with Gasteiger partial charge in [-0.05, 0) is 42.5 Å². The molecule has 0 aliphatic heterocycles. The Bertz CT molecular complexity index is 1290. The van der Waals surface area contributed by atoms with Crippen LogP contribution in [0, 0.1) is 0 Å². The lowest BCUT2D eigenvalue weighted by molar-refractivity contribution is -0.141. The Balaban J connectivity index is 0.000000307. The molecular formula is C23H22BClF6N6O2. The van der Waals surface area contributed by atoms with E-state index in [4.69, 9.17) is 33.1 Å². The molecule has 8 nitrogen and oxygen atoms in total. The first-order chi connectivity index (χ1) is 17.7. The van der Waals surface area contributed by atoms with Gasteiger partial charge in [-0.1, -0.05) is 37.2 Å². The molecule has 4 aromatic rings. The summed E-state index contributed by atoms with van der Waals surface area (Å²) >= 11 is 5.45. The predicted molar refractivity (Wildman–Crippen MR) is 136 cm³/mol. The highest BCUT2D eigenvalue weighted by Crippen LogP contribution is 2.29. The molecule has 16 heteroatoms. The maximum absolute atomic E-state index is 12.3. The summed E-state index contributed by atoms with van der Waals surface area (Å²) in [6.45, 7) is 0. The molecule has 6 N–H and O–H groups in total. The molecule has 0 bridgehead atoms. The number of hydrogen-bond acceptors (Lipinski definition) is 8. The number of aromatic nitrogens is 4. The molecule has 0 radical (unpaired) electrons. The van der Waals surface area contributed by atoms with Crippen LogP contribution < -0.4 is 16.9 Å². The van der Waals surface area contributed by atoms with Crippen molar-refractivity contribution >= 4 is 35.8 Å². The van der Waals surface area contributed by atoms with Gasteiger partial charge in [0.1, 0.15) is 28.2 Å². The van der Waals surface area contributed by atoms with Crippen LogP contribution in [-0.2, 0) is 12.4 Å². The van der Waals surface area contributed by atoms with Crippen molar-refractivity contribution in [3.63, 3.8) is 0 Å². The van der Waals surface area contributed by atoms with Crippen molar-refractivity contribution in [3.05, 3.63) is 89.6 Å². The minimum atomic E-state index is -4.50. The zero-order valence-electron chi connectivity index (χ0n) is 19.0. The van der Waals surface area contributed by atoms with Crippen molar-refractivity contribution in [2.45, 2.75) is 19.8 Å². The van der Waals surface area contributed by atoms with Crippen molar-refractivity contribution < 1.29 is 36.4 Å². The normalized spacial score (nSPS) is 10.7. The van der Waals surface area contributed by atoms with Gasteiger partial charge in [-0.15, -0.1) is 0 Å². The number of nitrogen functional groups attached to an aromatic ring is 2. The van der Waals surface area contributed by atoms with Crippen molar-refractivity contribution in [2.75, 3.05) is 11.5 Å². The molecule has 4 heterocycles. The monoisotopic (exact) mass is 574 g/mol. The Morgan fingerprint density at radius 3 is 1.56 bits per heavy atom. The highest BCUT2D eigenvalue weighted by atomic mass is 35.5. The molecule has 208 valence electrons. The lowest BCUT2D eigenvalue weighted by Gasteiger charge is -2.06. The van der Waals surface area contributed by atoms with Gasteiger partial charge in [-0.25, -0.2) is 9.97 Å². The van der Waals surface area contributed by atoms with E-state index in [0.29, 0.717) is 34.1 Å². The summed E-state index contributed by atoms with van der Waals surface area (Å²) < 4.78 is 72.7. The van der Waals surface area contributed by atoms with Crippen LogP contribution >= 0.6 is 11.6 Å². The third-order valence-electron chi connectivity index (χ3n) is 4.23. The summed E-state index contributed by atoms with van der Waals surface area (Å²) in [6.07, 6.45) is -7.03. The Kier molecular flexibility index (Phi) is 12.1. The van der Waals surface area contributed by atoms with Crippen LogP contribution in [0.4, 0.5) is 38.0 Å². The molecule has 0 saturated heterocycles. The molecule has 4 aromatic heterocycles. The molecule has 0 aromatic carbocycles. The minimum absolute atomic E-state index is 0. The van der Waals surface area contributed by atoms with E-state index in [2.05, 4.69) is 19.9 Å². The van der Waals surface area contributed by atoms with E-state index in [9.17, 15) is 26.3 Å². The van der Waals surface area contributed by atoms with Crippen LogP contribution in [0.2, 0.25) is 5.15 Å². The average molecular weight is 575 g/mol. The van der Waals surface area contributed by atoms with Crippen LogP contribution in [0.15, 0.2) is 73.1 Å². The number of nitrogens with zero attached hydrogens (tertiary/aromatic N) is 4. The smallest absolute Gasteiger partial charge is 0.423 e. The average Bonchev–Trinajstić information content (AvgIpc) is 2.84. The zero-order valence-corrected chi connectivity index (χ0v) is 19.7. The van der Waals surface area contributed by atoms with Gasteiger partial charge in [0.2, 0.25) is 0 Å². The summed E-state index contributed by atoms with van der Waals surface area (Å²) in [5.74, 6) is 0.764. The summed E-state index contributed by atoms with van der Waals surface area (Å²) in [4.78, 5) is 14.1. The molecule has 4 rings (SSSR count). The molecule has 0 saturated carbocycles. The van der Waals surface area contributed by atoms with Gasteiger partial charge in [-0.3, -0.25) is 9.97 Å². The molecule has 0 aliphatic carbocycles. The van der Waals surface area contributed by atoms with Gasteiger partial charge < -0.3 is 21.5 Å². The highest BCUT2D eigenvalue weighted by molar-refractivity contribution is 6.58. The Morgan fingerprint density at radius 2 is 1.21 bits per heavy atom. The van der Waals surface area contributed by atoms with Gasteiger partial charge in [0.15, 0.2) is 0 Å². The van der Waals surface area contributed by atoms with E-state index >= 15 is 0 Å². The molecular weight excluding hydrogens is 553 g/mol. The third-order valence-corrected chi connectivity index (χ3v) is 4.44. The van der Waals surface area contributed by atoms with E-state index in [0.717, 1.165) is 24.5 Å². The fourth-order valence-corrected chi connectivity index (χ4v) is 2.65. The van der Waals surface area contributed by atoms with Crippen molar-refractivity contribution in [3.8, 4) is 11.3 Å². The van der Waals surface area contributed by atoms with Crippen LogP contribution in [-0.4, -0.2) is 37.1 Å². The first-order valence-corrected chi connectivity index (χ1v) is 10.6. The van der Waals surface area contributed by atoms with Crippen LogP contribution in [0.3, 0.4) is 0 Å². The summed E-state index contributed by atoms with van der Waals surface area (Å²) in [6, 6.07) is 13.9. The van der Waals surface area contributed by atoms with E-state index in [-0.39, 0.29) is 12.9 Å².